The van der Waals surface area contributed by atoms with Gasteiger partial charge in [-0.2, -0.15) is 0 Å². The molecule has 10 heteroatoms. The number of hydrogen-bond acceptors (Lipinski definition) is 6. The largest absolute Gasteiger partial charge is 0.489 e. The molecule has 2 rings (SSSR count). The summed E-state index contributed by atoms with van der Waals surface area (Å²) in [6, 6.07) is 7.07. The Morgan fingerprint density at radius 2 is 2.00 bits per heavy atom. The van der Waals surface area contributed by atoms with Gasteiger partial charge in [0.2, 0.25) is 5.91 Å². The van der Waals surface area contributed by atoms with E-state index in [1.807, 2.05) is 0 Å². The second-order valence-corrected chi connectivity index (χ2v) is 8.43. The average molecular weight is 398 g/mol. The molecule has 0 unspecified atom stereocenters. The summed E-state index contributed by atoms with van der Waals surface area (Å²) in [6.45, 7) is 3.07. The molecule has 2 aromatic rings. The minimum atomic E-state index is -3.77. The van der Waals surface area contributed by atoms with Crippen LogP contribution in [0.25, 0.3) is 0 Å². The first-order chi connectivity index (χ1) is 12.2. The van der Waals surface area contributed by atoms with Crippen LogP contribution in [-0.2, 0) is 14.8 Å². The Morgan fingerprint density at radius 3 is 2.58 bits per heavy atom. The highest BCUT2D eigenvalue weighted by Crippen LogP contribution is 2.27. The molecule has 1 amide bonds. The lowest BCUT2D eigenvalue weighted by Gasteiger charge is -2.15. The van der Waals surface area contributed by atoms with Crippen molar-refractivity contribution in [1.82, 2.24) is 4.72 Å². The van der Waals surface area contributed by atoms with E-state index >= 15 is 0 Å². The molecule has 140 valence electrons. The first kappa shape index (κ1) is 19.9. The molecule has 3 N–H and O–H groups in total. The normalized spacial score (nSPS) is 11.3. The van der Waals surface area contributed by atoms with Crippen molar-refractivity contribution in [3.63, 3.8) is 0 Å². The summed E-state index contributed by atoms with van der Waals surface area (Å²) >= 11 is 1.03. The zero-order valence-electron chi connectivity index (χ0n) is 14.1. The zero-order valence-corrected chi connectivity index (χ0v) is 15.7. The van der Waals surface area contributed by atoms with Crippen LogP contribution in [-0.4, -0.2) is 38.0 Å². The van der Waals surface area contributed by atoms with E-state index in [1.165, 1.54) is 24.3 Å². The van der Waals surface area contributed by atoms with Gasteiger partial charge in [-0.05, 0) is 43.5 Å². The third kappa shape index (κ3) is 5.28. The van der Waals surface area contributed by atoms with Crippen molar-refractivity contribution < 1.29 is 27.9 Å². The molecular weight excluding hydrogens is 380 g/mol. The quantitative estimate of drug-likeness (QED) is 0.626. The van der Waals surface area contributed by atoms with Crippen molar-refractivity contribution in [2.24, 2.45) is 0 Å². The number of aromatic carboxylic acids is 1. The van der Waals surface area contributed by atoms with Gasteiger partial charge in [-0.3, -0.25) is 4.79 Å². The maximum atomic E-state index is 12.1. The van der Waals surface area contributed by atoms with Crippen molar-refractivity contribution in [2.45, 2.75) is 24.2 Å². The van der Waals surface area contributed by atoms with Crippen LogP contribution in [0.3, 0.4) is 0 Å². The number of sulfonamides is 1. The lowest BCUT2D eigenvalue weighted by molar-refractivity contribution is -0.115. The number of nitrogens with one attached hydrogen (secondary N) is 2. The summed E-state index contributed by atoms with van der Waals surface area (Å²) < 4.78 is 31.9. The first-order valence-corrected chi connectivity index (χ1v) is 9.92. The van der Waals surface area contributed by atoms with Crippen molar-refractivity contribution in [2.75, 3.05) is 11.9 Å². The van der Waals surface area contributed by atoms with Crippen LogP contribution < -0.4 is 14.8 Å². The number of rotatable bonds is 8. The number of carbonyl (C=O) groups excluding carboxylic acids is 1. The van der Waals surface area contributed by atoms with Crippen molar-refractivity contribution in [1.29, 1.82) is 0 Å². The molecule has 0 aliphatic heterocycles. The topological polar surface area (TPSA) is 122 Å². The highest BCUT2D eigenvalue weighted by Gasteiger charge is 2.18. The third-order valence-electron chi connectivity index (χ3n) is 3.05. The number of carboxylic acid groups (broad SMARTS) is 1. The summed E-state index contributed by atoms with van der Waals surface area (Å²) in [5.74, 6) is -1.52. The Bertz CT molecular complexity index is 891. The van der Waals surface area contributed by atoms with Gasteiger partial charge in [0.15, 0.2) is 0 Å². The maximum Gasteiger partial charge on any atom is 0.335 e. The van der Waals surface area contributed by atoms with E-state index < -0.39 is 28.4 Å². The third-order valence-corrected chi connectivity index (χ3v) is 5.84. The Balaban J connectivity index is 2.12. The van der Waals surface area contributed by atoms with E-state index in [2.05, 4.69) is 10.0 Å². The first-order valence-electron chi connectivity index (χ1n) is 7.56. The van der Waals surface area contributed by atoms with Crippen molar-refractivity contribution in [3.05, 3.63) is 41.3 Å². The number of amides is 1. The molecular formula is C16H18N2O6S2. The summed E-state index contributed by atoms with van der Waals surface area (Å²) in [7, 11) is -3.77. The fourth-order valence-corrected chi connectivity index (χ4v) is 3.98. The molecule has 0 radical (unpaired) electrons. The van der Waals surface area contributed by atoms with E-state index in [0.717, 1.165) is 11.3 Å². The number of benzene rings is 1. The standard InChI is InChI=1S/C16H18N2O6S2/c1-10(2)24-13-6-5-11(16(20)21)8-12(13)18-14(19)9-17-26(22,23)15-4-3-7-25-15/h3-8,10,17H,9H2,1-2H3,(H,18,19)(H,20,21). The van der Waals surface area contributed by atoms with Gasteiger partial charge in [-0.25, -0.2) is 17.9 Å². The van der Waals surface area contributed by atoms with Crippen LogP contribution in [0.5, 0.6) is 5.75 Å². The monoisotopic (exact) mass is 398 g/mol. The highest BCUT2D eigenvalue weighted by molar-refractivity contribution is 7.91. The number of carbonyl (C=O) groups is 2. The number of thiophene rings is 1. The summed E-state index contributed by atoms with van der Waals surface area (Å²) in [6.07, 6.45) is -0.196. The van der Waals surface area contributed by atoms with Crippen molar-refractivity contribution >= 4 is 38.9 Å². The molecule has 0 saturated carbocycles. The Morgan fingerprint density at radius 1 is 1.27 bits per heavy atom. The molecule has 0 fully saturated rings. The van der Waals surface area contributed by atoms with Crippen LogP contribution in [0.4, 0.5) is 5.69 Å². The minimum Gasteiger partial charge on any atom is -0.489 e. The number of ether oxygens (including phenoxy) is 1. The molecule has 0 aliphatic carbocycles. The smallest absolute Gasteiger partial charge is 0.335 e. The maximum absolute atomic E-state index is 12.1. The summed E-state index contributed by atoms with van der Waals surface area (Å²) in [5.41, 5.74) is 0.120. The van der Waals surface area contributed by atoms with Gasteiger partial charge in [-0.1, -0.05) is 6.07 Å². The Labute approximate surface area is 154 Å². The summed E-state index contributed by atoms with van der Waals surface area (Å²) in [5, 5.41) is 13.2. The molecule has 1 aromatic carbocycles. The number of carboxylic acids is 1. The molecule has 0 atom stereocenters. The second kappa shape index (κ2) is 8.30. The molecule has 0 spiro atoms. The van der Waals surface area contributed by atoms with Gasteiger partial charge in [-0.15, -0.1) is 11.3 Å². The molecule has 1 aromatic heterocycles. The second-order valence-electron chi connectivity index (χ2n) is 5.49. The summed E-state index contributed by atoms with van der Waals surface area (Å²) in [4.78, 5) is 23.2. The van der Waals surface area contributed by atoms with Gasteiger partial charge in [0.1, 0.15) is 9.96 Å². The van der Waals surface area contributed by atoms with E-state index in [9.17, 15) is 18.0 Å². The minimum absolute atomic E-state index is 0.0319. The van der Waals surface area contributed by atoms with Crippen molar-refractivity contribution in [3.8, 4) is 5.75 Å². The lowest BCUT2D eigenvalue weighted by atomic mass is 10.2. The molecule has 0 bridgehead atoms. The Hall–Kier alpha value is -2.43. The van der Waals surface area contributed by atoms with Crippen LogP contribution >= 0.6 is 11.3 Å². The molecule has 26 heavy (non-hydrogen) atoms. The van der Waals surface area contributed by atoms with E-state index in [0.29, 0.717) is 5.75 Å². The number of hydrogen-bond donors (Lipinski definition) is 3. The van der Waals surface area contributed by atoms with Gasteiger partial charge in [0, 0.05) is 0 Å². The lowest BCUT2D eigenvalue weighted by Crippen LogP contribution is -2.32. The van der Waals surface area contributed by atoms with Gasteiger partial charge >= 0.3 is 5.97 Å². The number of anilines is 1. The average Bonchev–Trinajstić information content (AvgIpc) is 3.09. The molecule has 0 aliphatic rings. The van der Waals surface area contributed by atoms with Gasteiger partial charge in [0.25, 0.3) is 10.0 Å². The zero-order chi connectivity index (χ0) is 19.3. The van der Waals surface area contributed by atoms with Gasteiger partial charge in [0.05, 0.1) is 23.9 Å². The fraction of sp³-hybridized carbons (Fsp3) is 0.250. The van der Waals surface area contributed by atoms with Gasteiger partial charge < -0.3 is 15.2 Å². The highest BCUT2D eigenvalue weighted by atomic mass is 32.2. The van der Waals surface area contributed by atoms with Crippen LogP contribution in [0.1, 0.15) is 24.2 Å². The molecule has 8 nitrogen and oxygen atoms in total. The predicted octanol–water partition coefficient (Wildman–Crippen LogP) is 2.15. The molecule has 1 heterocycles. The predicted molar refractivity (Wildman–Crippen MR) is 97.3 cm³/mol. The van der Waals surface area contributed by atoms with E-state index in [4.69, 9.17) is 9.84 Å². The fourth-order valence-electron chi connectivity index (χ4n) is 1.96. The van der Waals surface area contributed by atoms with Crippen LogP contribution in [0, 0.1) is 0 Å². The van der Waals surface area contributed by atoms with Crippen LogP contribution in [0.2, 0.25) is 0 Å². The van der Waals surface area contributed by atoms with E-state index in [1.54, 1.807) is 25.3 Å². The van der Waals surface area contributed by atoms with Crippen LogP contribution in [0.15, 0.2) is 39.9 Å². The SMILES string of the molecule is CC(C)Oc1ccc(C(=O)O)cc1NC(=O)CNS(=O)(=O)c1cccs1. The molecule has 0 saturated heterocycles. The Kier molecular flexibility index (Phi) is 6.35. The van der Waals surface area contributed by atoms with E-state index in [-0.39, 0.29) is 21.6 Å².